The number of amides is 1. The normalized spacial score (nSPS) is 13.1. The zero-order chi connectivity index (χ0) is 22.7. The Kier molecular flexibility index (Phi) is 6.07. The first-order valence-corrected chi connectivity index (χ1v) is 10.1. The van der Waals surface area contributed by atoms with E-state index in [1.54, 1.807) is 0 Å². The van der Waals surface area contributed by atoms with Crippen LogP contribution in [0.15, 0.2) is 66.7 Å². The average Bonchev–Trinajstić information content (AvgIpc) is 3.12. The molecule has 1 amide bonds. The third-order valence-corrected chi connectivity index (χ3v) is 5.62. The molecule has 1 aliphatic rings. The molecule has 4 rings (SSSR count). The van der Waals surface area contributed by atoms with Gasteiger partial charge in [-0.15, -0.1) is 0 Å². The summed E-state index contributed by atoms with van der Waals surface area (Å²) in [4.78, 5) is 24.0. The number of fused-ring (bicyclic) bond motifs is 3. The quantitative estimate of drug-likeness (QED) is 0.576. The Morgan fingerprint density at radius 1 is 1.03 bits per heavy atom. The highest BCUT2D eigenvalue weighted by Crippen LogP contribution is 2.44. The van der Waals surface area contributed by atoms with Gasteiger partial charge in [0.2, 0.25) is 0 Å². The van der Waals surface area contributed by atoms with Crippen LogP contribution in [0.5, 0.6) is 5.75 Å². The van der Waals surface area contributed by atoms with Crippen molar-refractivity contribution in [3.8, 4) is 16.9 Å². The summed E-state index contributed by atoms with van der Waals surface area (Å²) in [6, 6.07) is 18.6. The molecule has 164 valence electrons. The zero-order valence-electron chi connectivity index (χ0n) is 17.4. The maximum absolute atomic E-state index is 14.2. The van der Waals surface area contributed by atoms with Crippen molar-refractivity contribution >= 4 is 12.1 Å². The van der Waals surface area contributed by atoms with Gasteiger partial charge in [0.1, 0.15) is 24.2 Å². The predicted molar refractivity (Wildman–Crippen MR) is 116 cm³/mol. The van der Waals surface area contributed by atoms with E-state index in [0.717, 1.165) is 22.3 Å². The Balaban J connectivity index is 1.43. The summed E-state index contributed by atoms with van der Waals surface area (Å²) in [6.07, 6.45) is -1.09. The first-order valence-electron chi connectivity index (χ1n) is 10.1. The number of carboxylic acids is 1. The number of hydrogen-bond acceptors (Lipinski definition) is 4. The molecule has 0 aliphatic heterocycles. The van der Waals surface area contributed by atoms with Gasteiger partial charge in [0.15, 0.2) is 0 Å². The third kappa shape index (κ3) is 4.27. The SMILES string of the molecule is COc1ccc(C[C@H](NC(=O)OCC2c3ccccc3-c3ccccc32)C(=O)O)c(F)c1. The van der Waals surface area contributed by atoms with Gasteiger partial charge >= 0.3 is 12.1 Å². The van der Waals surface area contributed by atoms with Crippen molar-refractivity contribution in [2.24, 2.45) is 0 Å². The fourth-order valence-electron chi connectivity index (χ4n) is 4.02. The van der Waals surface area contributed by atoms with E-state index >= 15 is 0 Å². The number of hydrogen-bond donors (Lipinski definition) is 2. The third-order valence-electron chi connectivity index (χ3n) is 5.62. The molecule has 0 saturated carbocycles. The molecule has 2 N–H and O–H groups in total. The van der Waals surface area contributed by atoms with Crippen LogP contribution in [-0.2, 0) is 16.0 Å². The maximum Gasteiger partial charge on any atom is 0.407 e. The summed E-state index contributed by atoms with van der Waals surface area (Å²) in [5.41, 5.74) is 4.44. The minimum absolute atomic E-state index is 0.0586. The highest BCUT2D eigenvalue weighted by atomic mass is 19.1. The fraction of sp³-hybridized carbons (Fsp3) is 0.200. The van der Waals surface area contributed by atoms with Crippen LogP contribution in [0.2, 0.25) is 0 Å². The van der Waals surface area contributed by atoms with Crippen LogP contribution in [0.4, 0.5) is 9.18 Å². The highest BCUT2D eigenvalue weighted by Gasteiger charge is 2.30. The molecule has 6 nitrogen and oxygen atoms in total. The number of aliphatic carboxylic acids is 1. The molecule has 0 aromatic heterocycles. The van der Waals surface area contributed by atoms with Crippen molar-refractivity contribution in [1.29, 1.82) is 0 Å². The van der Waals surface area contributed by atoms with Crippen molar-refractivity contribution in [2.45, 2.75) is 18.4 Å². The number of methoxy groups -OCH3 is 1. The summed E-state index contributed by atoms with van der Waals surface area (Å²) < 4.78 is 24.6. The lowest BCUT2D eigenvalue weighted by Crippen LogP contribution is -2.43. The summed E-state index contributed by atoms with van der Waals surface area (Å²) in [6.45, 7) is 0.0586. The zero-order valence-corrected chi connectivity index (χ0v) is 17.4. The van der Waals surface area contributed by atoms with E-state index in [0.29, 0.717) is 5.75 Å². The van der Waals surface area contributed by atoms with Crippen LogP contribution >= 0.6 is 0 Å². The van der Waals surface area contributed by atoms with Crippen molar-refractivity contribution in [3.05, 3.63) is 89.2 Å². The van der Waals surface area contributed by atoms with E-state index in [1.807, 2.05) is 48.5 Å². The minimum Gasteiger partial charge on any atom is -0.497 e. The molecule has 1 atom stereocenters. The molecule has 0 saturated heterocycles. The number of alkyl carbamates (subject to hydrolysis) is 1. The van der Waals surface area contributed by atoms with Gasteiger partial charge < -0.3 is 19.9 Å². The standard InChI is InChI=1S/C25H22FNO5/c1-31-16-11-10-15(22(26)13-16)12-23(24(28)29)27-25(30)32-14-21-19-8-4-2-6-17(19)18-7-3-5-9-20(18)21/h2-11,13,21,23H,12,14H2,1H3,(H,27,30)(H,28,29)/t23-/m0/s1. The molecule has 1 aliphatic carbocycles. The van der Waals surface area contributed by atoms with E-state index in [1.165, 1.54) is 25.3 Å². The summed E-state index contributed by atoms with van der Waals surface area (Å²) >= 11 is 0. The minimum atomic E-state index is -1.34. The first kappa shape index (κ1) is 21.4. The van der Waals surface area contributed by atoms with Gasteiger partial charge in [0, 0.05) is 18.4 Å². The maximum atomic E-state index is 14.2. The van der Waals surface area contributed by atoms with Gasteiger partial charge in [-0.25, -0.2) is 14.0 Å². The molecule has 0 fully saturated rings. The van der Waals surface area contributed by atoms with Gasteiger partial charge in [0.05, 0.1) is 7.11 Å². The predicted octanol–water partition coefficient (Wildman–Crippen LogP) is 4.37. The lowest BCUT2D eigenvalue weighted by molar-refractivity contribution is -0.139. The van der Waals surface area contributed by atoms with Gasteiger partial charge in [-0.1, -0.05) is 54.6 Å². The molecule has 0 spiro atoms. The summed E-state index contributed by atoms with van der Waals surface area (Å²) in [7, 11) is 1.41. The van der Waals surface area contributed by atoms with Crippen molar-refractivity contribution in [2.75, 3.05) is 13.7 Å². The molecular weight excluding hydrogens is 413 g/mol. The van der Waals surface area contributed by atoms with Crippen LogP contribution in [0.3, 0.4) is 0 Å². The smallest absolute Gasteiger partial charge is 0.407 e. The molecule has 0 radical (unpaired) electrons. The number of benzene rings is 3. The largest absolute Gasteiger partial charge is 0.497 e. The van der Waals surface area contributed by atoms with E-state index in [9.17, 15) is 19.1 Å². The van der Waals surface area contributed by atoms with E-state index in [-0.39, 0.29) is 24.5 Å². The molecule has 0 bridgehead atoms. The second-order valence-corrected chi connectivity index (χ2v) is 7.52. The number of ether oxygens (including phenoxy) is 2. The summed E-state index contributed by atoms with van der Waals surface area (Å²) in [5, 5.41) is 11.8. The Hall–Kier alpha value is -3.87. The molecular formula is C25H22FNO5. The first-order chi connectivity index (χ1) is 15.5. The van der Waals surface area contributed by atoms with Crippen LogP contribution in [0, 0.1) is 5.82 Å². The van der Waals surface area contributed by atoms with E-state index in [2.05, 4.69) is 5.32 Å². The monoisotopic (exact) mass is 435 g/mol. The van der Waals surface area contributed by atoms with Crippen LogP contribution < -0.4 is 10.1 Å². The van der Waals surface area contributed by atoms with Gasteiger partial charge in [-0.05, 0) is 33.9 Å². The van der Waals surface area contributed by atoms with Crippen molar-refractivity contribution < 1.29 is 28.6 Å². The molecule has 0 unspecified atom stereocenters. The number of carboxylic acid groups (broad SMARTS) is 1. The summed E-state index contributed by atoms with van der Waals surface area (Å²) in [5.74, 6) is -1.71. The topological polar surface area (TPSA) is 84.9 Å². The van der Waals surface area contributed by atoms with E-state index in [4.69, 9.17) is 9.47 Å². The molecule has 3 aromatic carbocycles. The van der Waals surface area contributed by atoms with Crippen molar-refractivity contribution in [1.82, 2.24) is 5.32 Å². The number of rotatable bonds is 7. The van der Waals surface area contributed by atoms with Gasteiger partial charge in [-0.2, -0.15) is 0 Å². The lowest BCUT2D eigenvalue weighted by atomic mass is 9.98. The number of carbonyl (C=O) groups excluding carboxylic acids is 1. The van der Waals surface area contributed by atoms with Gasteiger partial charge in [-0.3, -0.25) is 0 Å². The number of carbonyl (C=O) groups is 2. The Morgan fingerprint density at radius 3 is 2.22 bits per heavy atom. The molecule has 32 heavy (non-hydrogen) atoms. The van der Waals surface area contributed by atoms with Gasteiger partial charge in [0.25, 0.3) is 0 Å². The Bertz CT molecular complexity index is 1120. The molecule has 7 heteroatoms. The lowest BCUT2D eigenvalue weighted by Gasteiger charge is -2.18. The van der Waals surface area contributed by atoms with Crippen LogP contribution in [0.25, 0.3) is 11.1 Å². The number of nitrogens with one attached hydrogen (secondary N) is 1. The second-order valence-electron chi connectivity index (χ2n) is 7.52. The highest BCUT2D eigenvalue weighted by molar-refractivity contribution is 5.81. The van der Waals surface area contributed by atoms with Crippen LogP contribution in [0.1, 0.15) is 22.6 Å². The molecule has 3 aromatic rings. The second kappa shape index (κ2) is 9.09. The van der Waals surface area contributed by atoms with Crippen molar-refractivity contribution in [3.63, 3.8) is 0 Å². The van der Waals surface area contributed by atoms with Crippen LogP contribution in [-0.4, -0.2) is 36.9 Å². The van der Waals surface area contributed by atoms with E-state index < -0.39 is 23.9 Å². The average molecular weight is 435 g/mol. The Morgan fingerprint density at radius 2 is 1.66 bits per heavy atom. The Labute approximate surface area is 184 Å². The number of halogens is 1. The molecule has 0 heterocycles. The fourth-order valence-corrected chi connectivity index (χ4v) is 4.02.